The molecular weight excluding hydrogens is 563 g/mol. The van der Waals surface area contributed by atoms with Crippen LogP contribution in [0.2, 0.25) is 0 Å². The van der Waals surface area contributed by atoms with Crippen molar-refractivity contribution in [3.8, 4) is 22.8 Å². The van der Waals surface area contributed by atoms with Crippen molar-refractivity contribution in [2.24, 2.45) is 5.92 Å². The summed E-state index contributed by atoms with van der Waals surface area (Å²) in [4.78, 5) is 19.8. The van der Waals surface area contributed by atoms with Crippen LogP contribution < -0.4 is 5.32 Å². The number of fused-ring (bicyclic) bond motifs is 2. The number of aromatic nitrogens is 6. The highest BCUT2D eigenvalue weighted by molar-refractivity contribution is 5.97. The molecule has 0 radical (unpaired) electrons. The second kappa shape index (κ2) is 12.6. The summed E-state index contributed by atoms with van der Waals surface area (Å²) < 4.78 is 14.9. The number of imidazole rings is 1. The Labute approximate surface area is 262 Å². The number of hydrogen-bond acceptors (Lipinski definition) is 6. The lowest BCUT2D eigenvalue weighted by molar-refractivity contribution is 0.386. The van der Waals surface area contributed by atoms with E-state index >= 15 is 0 Å². The zero-order valence-corrected chi connectivity index (χ0v) is 26.3. The van der Waals surface area contributed by atoms with E-state index in [1.807, 2.05) is 51.4 Å². The Morgan fingerprint density at radius 1 is 1.16 bits per heavy atom. The Morgan fingerprint density at radius 2 is 1.98 bits per heavy atom. The fraction of sp³-hybridized carbons (Fsp3) is 0.278. The van der Waals surface area contributed by atoms with E-state index in [1.165, 1.54) is 18.9 Å². The number of benzene rings is 1. The van der Waals surface area contributed by atoms with Crippen LogP contribution in [0.25, 0.3) is 50.3 Å². The maximum absolute atomic E-state index is 14.9. The first-order chi connectivity index (χ1) is 21.7. The van der Waals surface area contributed by atoms with Gasteiger partial charge in [-0.2, -0.15) is 5.10 Å². The van der Waals surface area contributed by atoms with Crippen molar-refractivity contribution in [2.75, 3.05) is 20.6 Å². The molecule has 0 amide bonds. The molecule has 0 aliphatic heterocycles. The van der Waals surface area contributed by atoms with Gasteiger partial charge in [0.1, 0.15) is 17.0 Å². The van der Waals surface area contributed by atoms with Crippen molar-refractivity contribution >= 4 is 27.5 Å². The summed E-state index contributed by atoms with van der Waals surface area (Å²) in [5, 5.41) is 12.0. The van der Waals surface area contributed by atoms with E-state index in [9.17, 15) is 4.39 Å². The summed E-state index contributed by atoms with van der Waals surface area (Å²) in [7, 11) is 4.09. The largest absolute Gasteiger partial charge is 0.359 e. The Balaban J connectivity index is 1.35. The van der Waals surface area contributed by atoms with Gasteiger partial charge in [-0.25, -0.2) is 9.37 Å². The van der Waals surface area contributed by atoms with Gasteiger partial charge in [0.25, 0.3) is 0 Å². The Bertz CT molecular complexity index is 1960. The number of H-pyrrole nitrogens is 2. The number of hydrogen-bond donors (Lipinski definition) is 3. The number of allylic oxidation sites excluding steroid dienone is 5. The first kappa shape index (κ1) is 30.1. The van der Waals surface area contributed by atoms with Gasteiger partial charge in [0.2, 0.25) is 0 Å². The number of aromatic amines is 2. The smallest absolute Gasteiger partial charge is 0.159 e. The van der Waals surface area contributed by atoms with E-state index in [4.69, 9.17) is 9.97 Å². The molecule has 5 aromatic rings. The van der Waals surface area contributed by atoms with E-state index < -0.39 is 0 Å². The van der Waals surface area contributed by atoms with Crippen molar-refractivity contribution in [1.29, 1.82) is 0 Å². The SMILES string of the molecule is C=C/C(=C\C(=C/C)c1cc2c(-c3nc4c(-c5cc(F)cc(C(C)CCN(C)C)c5)nccc4[nH]3)n[nH]c2cn1)NC(=C)C1CC1. The van der Waals surface area contributed by atoms with E-state index in [2.05, 4.69) is 50.5 Å². The van der Waals surface area contributed by atoms with Gasteiger partial charge in [-0.3, -0.25) is 15.1 Å². The third kappa shape index (κ3) is 6.49. The Hall–Kier alpha value is -4.89. The normalized spacial score (nSPS) is 14.8. The molecule has 1 aliphatic carbocycles. The lowest BCUT2D eigenvalue weighted by Crippen LogP contribution is -2.15. The standard InChI is InChI=1S/C36H39FN8/c1-7-23(18-28(8-2)40-22(4)24-9-10-24)31-19-29-32(20-39-31)43-44-34(29)36-41-30-11-13-38-33(35(30)42-36)26-15-25(16-27(37)17-26)21(3)12-14-45(5)6/h7-8,11,13,15-21,24,40H,2,4,9-10,12,14H2,1,3,5-6H3,(H,41,42)(H,43,44)/b23-7+,28-18+. The maximum Gasteiger partial charge on any atom is 0.159 e. The minimum atomic E-state index is -0.285. The van der Waals surface area contributed by atoms with Gasteiger partial charge in [-0.15, -0.1) is 0 Å². The van der Waals surface area contributed by atoms with E-state index in [-0.39, 0.29) is 11.7 Å². The number of rotatable bonds is 12. The van der Waals surface area contributed by atoms with Crippen LogP contribution in [0, 0.1) is 11.7 Å². The fourth-order valence-electron chi connectivity index (χ4n) is 5.50. The van der Waals surface area contributed by atoms with Gasteiger partial charge < -0.3 is 15.2 Å². The lowest BCUT2D eigenvalue weighted by Gasteiger charge is -2.16. The lowest BCUT2D eigenvalue weighted by atomic mass is 9.94. The third-order valence-electron chi connectivity index (χ3n) is 8.36. The van der Waals surface area contributed by atoms with E-state index in [1.54, 1.807) is 24.5 Å². The van der Waals surface area contributed by atoms with Crippen LogP contribution in [-0.4, -0.2) is 55.7 Å². The molecule has 1 fully saturated rings. The summed E-state index contributed by atoms with van der Waals surface area (Å²) in [5.74, 6) is 1.03. The van der Waals surface area contributed by atoms with Gasteiger partial charge in [-0.05, 0) is 112 Å². The first-order valence-electron chi connectivity index (χ1n) is 15.4. The highest BCUT2D eigenvalue weighted by Crippen LogP contribution is 2.35. The first-order valence-corrected chi connectivity index (χ1v) is 15.4. The average molecular weight is 603 g/mol. The zero-order valence-electron chi connectivity index (χ0n) is 26.3. The second-order valence-corrected chi connectivity index (χ2v) is 12.1. The van der Waals surface area contributed by atoms with E-state index in [0.717, 1.165) is 57.6 Å². The summed E-state index contributed by atoms with van der Waals surface area (Å²) in [5.41, 5.74) is 8.79. The molecule has 9 heteroatoms. The van der Waals surface area contributed by atoms with Crippen LogP contribution in [0.1, 0.15) is 50.3 Å². The Morgan fingerprint density at radius 3 is 2.71 bits per heavy atom. The molecule has 0 bridgehead atoms. The molecule has 1 aliphatic rings. The summed E-state index contributed by atoms with van der Waals surface area (Å²) >= 11 is 0. The molecule has 1 aromatic carbocycles. The molecule has 4 heterocycles. The van der Waals surface area contributed by atoms with Crippen molar-refractivity contribution in [3.05, 3.63) is 103 Å². The van der Waals surface area contributed by atoms with Gasteiger partial charge in [0.15, 0.2) is 5.82 Å². The molecule has 3 N–H and O–H groups in total. The number of nitrogens with one attached hydrogen (secondary N) is 3. The third-order valence-corrected chi connectivity index (χ3v) is 8.36. The van der Waals surface area contributed by atoms with Crippen LogP contribution >= 0.6 is 0 Å². The van der Waals surface area contributed by atoms with Crippen molar-refractivity contribution in [1.82, 2.24) is 40.3 Å². The number of nitrogens with zero attached hydrogens (tertiary/aromatic N) is 5. The molecule has 45 heavy (non-hydrogen) atoms. The highest BCUT2D eigenvalue weighted by Gasteiger charge is 2.25. The molecule has 8 nitrogen and oxygen atoms in total. The summed E-state index contributed by atoms with van der Waals surface area (Å²) in [6.45, 7) is 13.2. The average Bonchev–Trinajstić information content (AvgIpc) is 3.67. The molecule has 1 saturated carbocycles. The van der Waals surface area contributed by atoms with Gasteiger partial charge in [0, 0.05) is 28.5 Å². The predicted molar refractivity (Wildman–Crippen MR) is 181 cm³/mol. The second-order valence-electron chi connectivity index (χ2n) is 12.1. The molecule has 1 atom stereocenters. The molecule has 1 unspecified atom stereocenters. The van der Waals surface area contributed by atoms with Crippen LogP contribution in [0.3, 0.4) is 0 Å². The summed E-state index contributed by atoms with van der Waals surface area (Å²) in [6.07, 6.45) is 12.6. The molecular formula is C36H39FN8. The van der Waals surface area contributed by atoms with Crippen LogP contribution in [0.5, 0.6) is 0 Å². The topological polar surface area (TPSA) is 98.4 Å². The number of pyridine rings is 2. The predicted octanol–water partition coefficient (Wildman–Crippen LogP) is 7.74. The molecule has 0 saturated heterocycles. The number of halogens is 1. The molecule has 230 valence electrons. The van der Waals surface area contributed by atoms with Crippen molar-refractivity contribution in [2.45, 2.75) is 39.0 Å². The Kier molecular flexibility index (Phi) is 8.45. The van der Waals surface area contributed by atoms with Crippen LogP contribution in [-0.2, 0) is 0 Å². The fourth-order valence-corrected chi connectivity index (χ4v) is 5.50. The highest BCUT2D eigenvalue weighted by atomic mass is 19.1. The zero-order chi connectivity index (χ0) is 31.7. The van der Waals surface area contributed by atoms with Gasteiger partial charge in [0.05, 0.1) is 28.6 Å². The minimum absolute atomic E-state index is 0.196. The molecule has 4 aromatic heterocycles. The van der Waals surface area contributed by atoms with E-state index in [0.29, 0.717) is 34.2 Å². The maximum atomic E-state index is 14.9. The van der Waals surface area contributed by atoms with Crippen LogP contribution in [0.15, 0.2) is 85.5 Å². The summed E-state index contributed by atoms with van der Waals surface area (Å²) in [6, 6.07) is 9.06. The van der Waals surface area contributed by atoms with Crippen LogP contribution in [0.4, 0.5) is 4.39 Å². The van der Waals surface area contributed by atoms with Crippen molar-refractivity contribution in [3.63, 3.8) is 0 Å². The van der Waals surface area contributed by atoms with Crippen molar-refractivity contribution < 1.29 is 4.39 Å². The van der Waals surface area contributed by atoms with Gasteiger partial charge >= 0.3 is 0 Å². The molecule has 0 spiro atoms. The molecule has 6 rings (SSSR count). The van der Waals surface area contributed by atoms with Gasteiger partial charge in [-0.1, -0.05) is 26.2 Å². The minimum Gasteiger partial charge on any atom is -0.359 e. The monoisotopic (exact) mass is 602 g/mol. The quantitative estimate of drug-likeness (QED) is 0.126.